The van der Waals surface area contributed by atoms with Crippen LogP contribution in [0.3, 0.4) is 0 Å². The predicted octanol–water partition coefficient (Wildman–Crippen LogP) is 2.29. The number of hydrogen-bond acceptors (Lipinski definition) is 4. The average Bonchev–Trinajstić information content (AvgIpc) is 3.05. The van der Waals surface area contributed by atoms with Crippen molar-refractivity contribution in [1.29, 1.82) is 0 Å². The van der Waals surface area contributed by atoms with Crippen molar-refractivity contribution in [2.24, 2.45) is 0 Å². The first kappa shape index (κ1) is 18.2. The zero-order valence-electron chi connectivity index (χ0n) is 14.0. The van der Waals surface area contributed by atoms with Crippen LogP contribution >= 0.6 is 0 Å². The number of sulfonamides is 1. The Balaban J connectivity index is 1.88. The van der Waals surface area contributed by atoms with Crippen LogP contribution in [0.5, 0.6) is 0 Å². The lowest BCUT2D eigenvalue weighted by Gasteiger charge is -2.19. The van der Waals surface area contributed by atoms with Crippen molar-refractivity contribution in [3.8, 4) is 0 Å². The number of hydrogen-bond donors (Lipinski definition) is 2. The number of carbonyl (C=O) groups is 1. The van der Waals surface area contributed by atoms with Gasteiger partial charge in [-0.2, -0.15) is 0 Å². The van der Waals surface area contributed by atoms with E-state index in [-0.39, 0.29) is 35.1 Å². The van der Waals surface area contributed by atoms with Crippen molar-refractivity contribution in [3.63, 3.8) is 0 Å². The summed E-state index contributed by atoms with van der Waals surface area (Å²) < 4.78 is 31.9. The molecular formula is C17H22N2O4S. The molecule has 0 bridgehead atoms. The van der Waals surface area contributed by atoms with Crippen molar-refractivity contribution < 1.29 is 17.6 Å². The molecule has 1 amide bonds. The summed E-state index contributed by atoms with van der Waals surface area (Å²) in [7, 11) is -3.60. The summed E-state index contributed by atoms with van der Waals surface area (Å²) in [6, 6.07) is 9.95. The Bertz CT molecular complexity index is 773. The van der Waals surface area contributed by atoms with Crippen molar-refractivity contribution in [2.45, 2.75) is 31.1 Å². The molecule has 6 nitrogen and oxygen atoms in total. The molecule has 0 radical (unpaired) electrons. The van der Waals surface area contributed by atoms with E-state index in [0.29, 0.717) is 0 Å². The minimum Gasteiger partial charge on any atom is -0.459 e. The van der Waals surface area contributed by atoms with Gasteiger partial charge in [0, 0.05) is 13.1 Å². The molecule has 2 N–H and O–H groups in total. The van der Waals surface area contributed by atoms with E-state index in [4.69, 9.17) is 4.42 Å². The first-order chi connectivity index (χ1) is 11.2. The Kier molecular flexibility index (Phi) is 5.46. The Morgan fingerprint density at radius 2 is 1.75 bits per heavy atom. The largest absolute Gasteiger partial charge is 0.459 e. The summed E-state index contributed by atoms with van der Waals surface area (Å²) in [5, 5.41) is 2.58. The van der Waals surface area contributed by atoms with Gasteiger partial charge in [0.05, 0.1) is 11.2 Å². The molecule has 1 heterocycles. The Labute approximate surface area is 142 Å². The number of furan rings is 1. The van der Waals surface area contributed by atoms with Gasteiger partial charge in [-0.05, 0) is 35.2 Å². The SMILES string of the molecule is CC(C)(C)c1ccc(S(=O)(=O)NCCNC(=O)c2ccco2)cc1. The normalized spacial score (nSPS) is 12.1. The van der Waals surface area contributed by atoms with Gasteiger partial charge in [0.1, 0.15) is 0 Å². The maximum Gasteiger partial charge on any atom is 0.287 e. The van der Waals surface area contributed by atoms with Gasteiger partial charge in [-0.3, -0.25) is 4.79 Å². The van der Waals surface area contributed by atoms with E-state index in [0.717, 1.165) is 5.56 Å². The lowest BCUT2D eigenvalue weighted by atomic mass is 9.87. The van der Waals surface area contributed by atoms with Gasteiger partial charge in [-0.25, -0.2) is 13.1 Å². The van der Waals surface area contributed by atoms with Crippen LogP contribution < -0.4 is 10.0 Å². The molecule has 0 aliphatic carbocycles. The fourth-order valence-corrected chi connectivity index (χ4v) is 3.11. The number of nitrogens with one attached hydrogen (secondary N) is 2. The van der Waals surface area contributed by atoms with E-state index < -0.39 is 10.0 Å². The summed E-state index contributed by atoms with van der Waals surface area (Å²) in [6.07, 6.45) is 1.40. The van der Waals surface area contributed by atoms with Crippen molar-refractivity contribution in [3.05, 3.63) is 54.0 Å². The molecule has 1 aromatic carbocycles. The molecule has 0 unspecified atom stereocenters. The van der Waals surface area contributed by atoms with E-state index >= 15 is 0 Å². The maximum absolute atomic E-state index is 12.2. The molecule has 0 fully saturated rings. The molecule has 0 atom stereocenters. The summed E-state index contributed by atoms with van der Waals surface area (Å²) in [6.45, 7) is 6.46. The smallest absolute Gasteiger partial charge is 0.287 e. The molecule has 0 aliphatic heterocycles. The third kappa shape index (κ3) is 4.69. The maximum atomic E-state index is 12.2. The lowest BCUT2D eigenvalue weighted by Crippen LogP contribution is -2.34. The monoisotopic (exact) mass is 350 g/mol. The fraction of sp³-hybridized carbons (Fsp3) is 0.353. The van der Waals surface area contributed by atoms with E-state index in [9.17, 15) is 13.2 Å². The fourth-order valence-electron chi connectivity index (χ4n) is 2.07. The third-order valence-electron chi connectivity index (χ3n) is 3.48. The number of rotatable bonds is 6. The van der Waals surface area contributed by atoms with Crippen LogP contribution in [-0.4, -0.2) is 27.4 Å². The summed E-state index contributed by atoms with van der Waals surface area (Å²) in [5.74, 6) is -0.190. The molecule has 0 saturated carbocycles. The molecule has 0 spiro atoms. The highest BCUT2D eigenvalue weighted by Gasteiger charge is 2.17. The van der Waals surface area contributed by atoms with Gasteiger partial charge < -0.3 is 9.73 Å². The topological polar surface area (TPSA) is 88.4 Å². The lowest BCUT2D eigenvalue weighted by molar-refractivity contribution is 0.0926. The van der Waals surface area contributed by atoms with Gasteiger partial charge in [-0.1, -0.05) is 32.9 Å². The summed E-state index contributed by atoms with van der Waals surface area (Å²) >= 11 is 0. The molecule has 2 rings (SSSR count). The predicted molar refractivity (Wildman–Crippen MR) is 91.4 cm³/mol. The van der Waals surface area contributed by atoms with Crippen LogP contribution in [0.2, 0.25) is 0 Å². The quantitative estimate of drug-likeness (QED) is 0.782. The molecule has 130 valence electrons. The first-order valence-electron chi connectivity index (χ1n) is 7.62. The minimum atomic E-state index is -3.60. The van der Waals surface area contributed by atoms with Crippen LogP contribution in [0, 0.1) is 0 Å². The molecule has 0 saturated heterocycles. The van der Waals surface area contributed by atoms with Crippen molar-refractivity contribution in [2.75, 3.05) is 13.1 Å². The van der Waals surface area contributed by atoms with E-state index in [1.807, 2.05) is 12.1 Å². The van der Waals surface area contributed by atoms with Gasteiger partial charge >= 0.3 is 0 Å². The highest BCUT2D eigenvalue weighted by molar-refractivity contribution is 7.89. The Hall–Kier alpha value is -2.12. The summed E-state index contributed by atoms with van der Waals surface area (Å²) in [5.41, 5.74) is 1.03. The summed E-state index contributed by atoms with van der Waals surface area (Å²) in [4.78, 5) is 11.9. The third-order valence-corrected chi connectivity index (χ3v) is 4.96. The molecule has 1 aromatic heterocycles. The Morgan fingerprint density at radius 3 is 2.29 bits per heavy atom. The van der Waals surface area contributed by atoms with Crippen LogP contribution in [0.1, 0.15) is 36.9 Å². The number of benzene rings is 1. The minimum absolute atomic E-state index is 0.0359. The van der Waals surface area contributed by atoms with Crippen molar-refractivity contribution in [1.82, 2.24) is 10.0 Å². The van der Waals surface area contributed by atoms with Crippen LogP contribution in [0.4, 0.5) is 0 Å². The van der Waals surface area contributed by atoms with Gasteiger partial charge in [0.25, 0.3) is 5.91 Å². The Morgan fingerprint density at radius 1 is 1.08 bits per heavy atom. The van der Waals surface area contributed by atoms with E-state index in [2.05, 4.69) is 30.8 Å². The standard InChI is InChI=1S/C17H22N2O4S/c1-17(2,3)13-6-8-14(9-7-13)24(21,22)19-11-10-18-16(20)15-5-4-12-23-15/h4-9,12,19H,10-11H2,1-3H3,(H,18,20). The van der Waals surface area contributed by atoms with E-state index in [1.165, 1.54) is 12.3 Å². The number of carbonyl (C=O) groups excluding carboxylic acids is 1. The zero-order valence-corrected chi connectivity index (χ0v) is 14.8. The van der Waals surface area contributed by atoms with E-state index in [1.54, 1.807) is 18.2 Å². The second-order valence-corrected chi connectivity index (χ2v) is 8.17. The van der Waals surface area contributed by atoms with Gasteiger partial charge in [0.15, 0.2) is 5.76 Å². The highest BCUT2D eigenvalue weighted by atomic mass is 32.2. The van der Waals surface area contributed by atoms with Gasteiger partial charge in [0.2, 0.25) is 10.0 Å². The molecular weight excluding hydrogens is 328 g/mol. The first-order valence-corrected chi connectivity index (χ1v) is 9.10. The molecule has 2 aromatic rings. The van der Waals surface area contributed by atoms with Gasteiger partial charge in [-0.15, -0.1) is 0 Å². The van der Waals surface area contributed by atoms with Crippen LogP contribution in [0.15, 0.2) is 52.0 Å². The van der Waals surface area contributed by atoms with Crippen LogP contribution in [0.25, 0.3) is 0 Å². The second kappa shape index (κ2) is 7.19. The highest BCUT2D eigenvalue weighted by Crippen LogP contribution is 2.23. The number of amides is 1. The average molecular weight is 350 g/mol. The molecule has 7 heteroatoms. The molecule has 0 aliphatic rings. The zero-order chi connectivity index (χ0) is 17.8. The van der Waals surface area contributed by atoms with Crippen molar-refractivity contribution >= 4 is 15.9 Å². The second-order valence-electron chi connectivity index (χ2n) is 6.41. The molecule has 24 heavy (non-hydrogen) atoms. The van der Waals surface area contributed by atoms with Crippen LogP contribution in [-0.2, 0) is 15.4 Å².